The van der Waals surface area contributed by atoms with Crippen molar-refractivity contribution in [3.05, 3.63) is 71.5 Å². The van der Waals surface area contributed by atoms with Gasteiger partial charge in [0.1, 0.15) is 11.4 Å². The predicted molar refractivity (Wildman–Crippen MR) is 134 cm³/mol. The van der Waals surface area contributed by atoms with Crippen LogP contribution in [0.15, 0.2) is 54.2 Å². The molecule has 1 fully saturated rings. The Morgan fingerprint density at radius 3 is 2.67 bits per heavy atom. The zero-order valence-electron chi connectivity index (χ0n) is 19.8. The first-order valence-corrected chi connectivity index (χ1v) is 11.3. The standard InChI is InChI=1S/C24H28F2N8O2/c1-13-9-16-21(26)18(10-17(25)22(16)32-13)36-24(31-12-27)20(23(28)35)14(2)33-19-4-3-15(11-30-19)34-7-5-29-6-8-34/h3-4,9-11,29,31-32H,2,5-8,12,27H2,1H3,(H2,28,35)(H,30,33)/b24-20-. The second-order valence-electron chi connectivity index (χ2n) is 8.21. The summed E-state index contributed by atoms with van der Waals surface area (Å²) in [4.78, 5) is 21.7. The van der Waals surface area contributed by atoms with Gasteiger partial charge in [0.15, 0.2) is 17.4 Å². The largest absolute Gasteiger partial charge is 0.437 e. The van der Waals surface area contributed by atoms with Gasteiger partial charge in [-0.2, -0.15) is 0 Å². The molecule has 12 heteroatoms. The summed E-state index contributed by atoms with van der Waals surface area (Å²) in [5, 5.41) is 8.84. The third kappa shape index (κ3) is 5.24. The lowest BCUT2D eigenvalue weighted by Crippen LogP contribution is -2.43. The molecule has 3 aromatic rings. The van der Waals surface area contributed by atoms with E-state index in [-0.39, 0.29) is 34.7 Å². The molecule has 1 saturated heterocycles. The summed E-state index contributed by atoms with van der Waals surface area (Å²) in [5.41, 5.74) is 12.5. The van der Waals surface area contributed by atoms with E-state index in [0.29, 0.717) is 11.5 Å². The number of hydrogen-bond acceptors (Lipinski definition) is 8. The highest BCUT2D eigenvalue weighted by Gasteiger charge is 2.23. The van der Waals surface area contributed by atoms with E-state index in [1.165, 1.54) is 6.07 Å². The van der Waals surface area contributed by atoms with Crippen molar-refractivity contribution in [3.8, 4) is 5.75 Å². The molecule has 0 aliphatic carbocycles. The lowest BCUT2D eigenvalue weighted by atomic mass is 10.2. The van der Waals surface area contributed by atoms with Gasteiger partial charge in [-0.3, -0.25) is 4.79 Å². The normalized spacial score (nSPS) is 14.4. The van der Waals surface area contributed by atoms with Gasteiger partial charge in [0.2, 0.25) is 5.88 Å². The minimum absolute atomic E-state index is 0.000881. The van der Waals surface area contributed by atoms with Crippen LogP contribution < -0.4 is 37.1 Å². The Balaban J connectivity index is 1.61. The van der Waals surface area contributed by atoms with E-state index < -0.39 is 23.3 Å². The van der Waals surface area contributed by atoms with Gasteiger partial charge in [0, 0.05) is 43.3 Å². The van der Waals surface area contributed by atoms with Gasteiger partial charge in [-0.15, -0.1) is 0 Å². The van der Waals surface area contributed by atoms with Crippen molar-refractivity contribution in [2.75, 3.05) is 43.1 Å². The average Bonchev–Trinajstić information content (AvgIpc) is 3.26. The number of anilines is 2. The van der Waals surface area contributed by atoms with Crippen molar-refractivity contribution < 1.29 is 18.3 Å². The first kappa shape index (κ1) is 24.9. The SMILES string of the molecule is C=C(Nc1ccc(N2CCNCC2)cn1)/C(C(N)=O)=C(\NCN)Oc1cc(F)c2[nH]c(C)cc2c1F. The van der Waals surface area contributed by atoms with Crippen molar-refractivity contribution in [1.82, 2.24) is 20.6 Å². The number of ether oxygens (including phenoxy) is 1. The molecule has 2 aromatic heterocycles. The van der Waals surface area contributed by atoms with Crippen LogP contribution in [-0.4, -0.2) is 48.7 Å². The third-order valence-corrected chi connectivity index (χ3v) is 5.66. The Bertz CT molecular complexity index is 1310. The minimum atomic E-state index is -0.930. The molecule has 0 bridgehead atoms. The number of pyridine rings is 1. The zero-order valence-corrected chi connectivity index (χ0v) is 19.8. The lowest BCUT2D eigenvalue weighted by molar-refractivity contribution is -0.114. The number of aromatic amines is 1. The Labute approximate surface area is 206 Å². The second kappa shape index (κ2) is 10.6. The first-order valence-electron chi connectivity index (χ1n) is 11.3. The summed E-state index contributed by atoms with van der Waals surface area (Å²) < 4.78 is 35.3. The van der Waals surface area contributed by atoms with Crippen LogP contribution in [0.1, 0.15) is 5.69 Å². The Kier molecular flexibility index (Phi) is 7.36. The summed E-state index contributed by atoms with van der Waals surface area (Å²) in [6.45, 7) is 8.86. The number of benzene rings is 1. The highest BCUT2D eigenvalue weighted by molar-refractivity contribution is 5.97. The maximum atomic E-state index is 15.1. The van der Waals surface area contributed by atoms with Crippen LogP contribution in [-0.2, 0) is 4.79 Å². The molecule has 1 aromatic carbocycles. The number of aryl methyl sites for hydroxylation is 1. The van der Waals surface area contributed by atoms with Gasteiger partial charge in [0.25, 0.3) is 5.91 Å². The number of nitrogens with two attached hydrogens (primary N) is 2. The van der Waals surface area contributed by atoms with Crippen LogP contribution in [0.25, 0.3) is 10.9 Å². The number of H-pyrrole nitrogens is 1. The number of piperazine rings is 1. The Morgan fingerprint density at radius 2 is 2.03 bits per heavy atom. The van der Waals surface area contributed by atoms with Gasteiger partial charge in [-0.25, -0.2) is 13.8 Å². The number of rotatable bonds is 9. The van der Waals surface area contributed by atoms with Gasteiger partial charge >= 0.3 is 0 Å². The molecule has 0 spiro atoms. The van der Waals surface area contributed by atoms with E-state index in [4.69, 9.17) is 16.2 Å². The maximum Gasteiger partial charge on any atom is 0.256 e. The number of primary amides is 1. The van der Waals surface area contributed by atoms with E-state index in [2.05, 4.69) is 37.4 Å². The van der Waals surface area contributed by atoms with Gasteiger partial charge in [-0.05, 0) is 25.1 Å². The predicted octanol–water partition coefficient (Wildman–Crippen LogP) is 1.77. The van der Waals surface area contributed by atoms with E-state index in [0.717, 1.165) is 37.9 Å². The van der Waals surface area contributed by atoms with E-state index in [1.54, 1.807) is 19.2 Å². The molecule has 1 aliphatic rings. The number of carbonyl (C=O) groups excluding carboxylic acids is 1. The fraction of sp³-hybridized carbons (Fsp3) is 0.250. The maximum absolute atomic E-state index is 15.1. The number of fused-ring (bicyclic) bond motifs is 1. The van der Waals surface area contributed by atoms with Crippen molar-refractivity contribution in [3.63, 3.8) is 0 Å². The number of aromatic nitrogens is 2. The van der Waals surface area contributed by atoms with Crippen LogP contribution in [0.3, 0.4) is 0 Å². The second-order valence-corrected chi connectivity index (χ2v) is 8.21. The fourth-order valence-corrected chi connectivity index (χ4v) is 3.97. The third-order valence-electron chi connectivity index (χ3n) is 5.66. The molecule has 0 saturated carbocycles. The molecule has 36 heavy (non-hydrogen) atoms. The number of nitrogens with zero attached hydrogens (tertiary/aromatic N) is 2. The van der Waals surface area contributed by atoms with Crippen molar-refractivity contribution in [2.24, 2.45) is 11.5 Å². The van der Waals surface area contributed by atoms with Crippen LogP contribution >= 0.6 is 0 Å². The van der Waals surface area contributed by atoms with Gasteiger partial charge in [0.05, 0.1) is 29.8 Å². The number of halogens is 2. The molecule has 0 unspecified atom stereocenters. The first-order chi connectivity index (χ1) is 17.3. The highest BCUT2D eigenvalue weighted by atomic mass is 19.1. The monoisotopic (exact) mass is 498 g/mol. The molecular formula is C24H28F2N8O2. The summed E-state index contributed by atoms with van der Waals surface area (Å²) >= 11 is 0. The number of nitrogens with one attached hydrogen (secondary N) is 4. The molecule has 3 heterocycles. The van der Waals surface area contributed by atoms with Gasteiger partial charge < -0.3 is 42.0 Å². The van der Waals surface area contributed by atoms with E-state index in [1.807, 2.05) is 6.07 Å². The lowest BCUT2D eigenvalue weighted by Gasteiger charge is -2.29. The summed E-state index contributed by atoms with van der Waals surface area (Å²) in [6, 6.07) is 5.95. The van der Waals surface area contributed by atoms with E-state index in [9.17, 15) is 9.18 Å². The van der Waals surface area contributed by atoms with Gasteiger partial charge in [-0.1, -0.05) is 6.58 Å². The van der Waals surface area contributed by atoms with Crippen LogP contribution in [0, 0.1) is 18.6 Å². The number of carbonyl (C=O) groups is 1. The molecule has 190 valence electrons. The minimum Gasteiger partial charge on any atom is -0.437 e. The smallest absolute Gasteiger partial charge is 0.256 e. The fourth-order valence-electron chi connectivity index (χ4n) is 3.97. The van der Waals surface area contributed by atoms with E-state index >= 15 is 4.39 Å². The quantitative estimate of drug-likeness (QED) is 0.113. The summed E-state index contributed by atoms with van der Waals surface area (Å²) in [6.07, 6.45) is 1.70. The van der Waals surface area contributed by atoms with Crippen molar-refractivity contribution >= 4 is 28.3 Å². The van der Waals surface area contributed by atoms with Crippen LogP contribution in [0.5, 0.6) is 5.75 Å². The topological polar surface area (TPSA) is 146 Å². The average molecular weight is 499 g/mol. The molecule has 4 rings (SSSR count). The number of hydrogen-bond donors (Lipinski definition) is 6. The highest BCUT2D eigenvalue weighted by Crippen LogP contribution is 2.31. The Hall–Kier alpha value is -4.16. The zero-order chi connectivity index (χ0) is 25.8. The summed E-state index contributed by atoms with van der Waals surface area (Å²) in [7, 11) is 0. The molecule has 10 nitrogen and oxygen atoms in total. The van der Waals surface area contributed by atoms with Crippen LogP contribution in [0.4, 0.5) is 20.3 Å². The Morgan fingerprint density at radius 1 is 1.28 bits per heavy atom. The molecule has 1 aliphatic heterocycles. The molecule has 1 amide bonds. The van der Waals surface area contributed by atoms with Crippen molar-refractivity contribution in [2.45, 2.75) is 6.92 Å². The molecule has 0 atom stereocenters. The molecule has 0 radical (unpaired) electrons. The van der Waals surface area contributed by atoms with Crippen LogP contribution in [0.2, 0.25) is 0 Å². The molecule has 8 N–H and O–H groups in total. The summed E-state index contributed by atoms with van der Waals surface area (Å²) in [5.74, 6) is -2.83. The number of amides is 1. The van der Waals surface area contributed by atoms with Crippen molar-refractivity contribution in [1.29, 1.82) is 0 Å². The molecular weight excluding hydrogens is 470 g/mol.